The third-order valence-electron chi connectivity index (χ3n) is 4.92. The number of guanidine groups is 1. The lowest BCUT2D eigenvalue weighted by atomic mass is 10.0. The van der Waals surface area contributed by atoms with Crippen molar-refractivity contribution in [1.29, 1.82) is 0 Å². The van der Waals surface area contributed by atoms with Gasteiger partial charge >= 0.3 is 0 Å². The summed E-state index contributed by atoms with van der Waals surface area (Å²) in [7, 11) is 3.45. The Morgan fingerprint density at radius 2 is 1.93 bits per heavy atom. The van der Waals surface area contributed by atoms with Gasteiger partial charge in [0.15, 0.2) is 5.96 Å². The first-order valence-electron chi connectivity index (χ1n) is 9.70. The highest BCUT2D eigenvalue weighted by Gasteiger charge is 2.23. The minimum absolute atomic E-state index is 0. The van der Waals surface area contributed by atoms with Crippen molar-refractivity contribution in [3.05, 3.63) is 58.9 Å². The summed E-state index contributed by atoms with van der Waals surface area (Å²) in [5.74, 6) is 1.60. The molecular formula is C21H29ClIN5O2. The molecule has 0 amide bonds. The summed E-state index contributed by atoms with van der Waals surface area (Å²) in [6.07, 6.45) is 1.76. The van der Waals surface area contributed by atoms with Gasteiger partial charge in [-0.05, 0) is 29.3 Å². The fourth-order valence-corrected chi connectivity index (χ4v) is 3.40. The molecule has 1 aromatic carbocycles. The van der Waals surface area contributed by atoms with Crippen LogP contribution in [0, 0.1) is 0 Å². The summed E-state index contributed by atoms with van der Waals surface area (Å²) < 4.78 is 10.8. The van der Waals surface area contributed by atoms with Gasteiger partial charge in [0.05, 0.1) is 26.4 Å². The van der Waals surface area contributed by atoms with E-state index in [9.17, 15) is 0 Å². The van der Waals surface area contributed by atoms with E-state index in [2.05, 4.69) is 37.6 Å². The molecular weight excluding hydrogens is 517 g/mol. The molecule has 0 bridgehead atoms. The zero-order chi connectivity index (χ0) is 20.5. The molecule has 1 atom stereocenters. The van der Waals surface area contributed by atoms with Crippen molar-refractivity contribution in [2.24, 2.45) is 4.99 Å². The van der Waals surface area contributed by atoms with Crippen LogP contribution in [-0.2, 0) is 11.3 Å². The molecule has 1 aliphatic rings. The Bertz CT molecular complexity index is 783. The summed E-state index contributed by atoms with van der Waals surface area (Å²) >= 11 is 5.85. The Labute approximate surface area is 200 Å². The monoisotopic (exact) mass is 545 g/mol. The quantitative estimate of drug-likeness (QED) is 0.241. The minimum atomic E-state index is 0. The average Bonchev–Trinajstić information content (AvgIpc) is 2.78. The zero-order valence-electron chi connectivity index (χ0n) is 17.3. The average molecular weight is 546 g/mol. The molecule has 1 unspecified atom stereocenters. The first-order chi connectivity index (χ1) is 14.2. The lowest BCUT2D eigenvalue weighted by molar-refractivity contribution is 0.0170. The maximum absolute atomic E-state index is 5.85. The smallest absolute Gasteiger partial charge is 0.191 e. The Morgan fingerprint density at radius 1 is 1.20 bits per heavy atom. The highest BCUT2D eigenvalue weighted by atomic mass is 127. The predicted octanol–water partition coefficient (Wildman–Crippen LogP) is 3.10. The molecule has 7 nitrogen and oxygen atoms in total. The van der Waals surface area contributed by atoms with Crippen molar-refractivity contribution in [1.82, 2.24) is 20.5 Å². The predicted molar refractivity (Wildman–Crippen MR) is 131 cm³/mol. The summed E-state index contributed by atoms with van der Waals surface area (Å²) in [4.78, 5) is 10.9. The minimum Gasteiger partial charge on any atom is -0.497 e. The van der Waals surface area contributed by atoms with Crippen molar-refractivity contribution >= 4 is 41.5 Å². The van der Waals surface area contributed by atoms with Crippen molar-refractivity contribution < 1.29 is 9.47 Å². The van der Waals surface area contributed by atoms with Crippen LogP contribution in [0.15, 0.2) is 47.6 Å². The number of aliphatic imine (C=N–C) groups is 1. The molecule has 0 radical (unpaired) electrons. The largest absolute Gasteiger partial charge is 0.497 e. The van der Waals surface area contributed by atoms with Crippen LogP contribution in [0.2, 0.25) is 5.15 Å². The Kier molecular flexibility index (Phi) is 10.6. The summed E-state index contributed by atoms with van der Waals surface area (Å²) in [6, 6.07) is 12.2. The van der Waals surface area contributed by atoms with Gasteiger partial charge in [0.1, 0.15) is 10.9 Å². The fourth-order valence-electron chi connectivity index (χ4n) is 3.28. The van der Waals surface area contributed by atoms with E-state index in [0.29, 0.717) is 11.7 Å². The third kappa shape index (κ3) is 7.26. The van der Waals surface area contributed by atoms with Crippen LogP contribution in [0.4, 0.5) is 0 Å². The number of benzene rings is 1. The molecule has 2 heterocycles. The second kappa shape index (κ2) is 12.9. The Balaban J connectivity index is 0.00000320. The van der Waals surface area contributed by atoms with E-state index < -0.39 is 0 Å². The normalized spacial score (nSPS) is 15.8. The zero-order valence-corrected chi connectivity index (χ0v) is 20.4. The number of rotatable bonds is 7. The molecule has 2 N–H and O–H groups in total. The van der Waals surface area contributed by atoms with Gasteiger partial charge in [-0.25, -0.2) is 4.98 Å². The maximum Gasteiger partial charge on any atom is 0.191 e. The van der Waals surface area contributed by atoms with Crippen molar-refractivity contribution in [3.8, 4) is 5.75 Å². The number of nitrogens with one attached hydrogen (secondary N) is 2. The molecule has 3 rings (SSSR count). The van der Waals surface area contributed by atoms with E-state index in [4.69, 9.17) is 21.1 Å². The number of nitrogens with zero attached hydrogens (tertiary/aromatic N) is 3. The van der Waals surface area contributed by atoms with Crippen LogP contribution < -0.4 is 15.4 Å². The second-order valence-electron chi connectivity index (χ2n) is 6.73. The molecule has 1 aromatic heterocycles. The molecule has 1 fully saturated rings. The number of hydrogen-bond donors (Lipinski definition) is 2. The van der Waals surface area contributed by atoms with Crippen molar-refractivity contribution in [2.75, 3.05) is 47.0 Å². The lowest BCUT2D eigenvalue weighted by Crippen LogP contribution is -2.46. The molecule has 0 spiro atoms. The SMILES string of the molecule is CN=C(NCc1ccc(Cl)nc1)NCC(c1ccc(OC)cc1)N1CCOCC1.I. The van der Waals surface area contributed by atoms with E-state index in [1.54, 1.807) is 26.4 Å². The molecule has 0 saturated carbocycles. The van der Waals surface area contributed by atoms with Crippen LogP contribution >= 0.6 is 35.6 Å². The van der Waals surface area contributed by atoms with E-state index >= 15 is 0 Å². The van der Waals surface area contributed by atoms with Gasteiger partial charge < -0.3 is 20.1 Å². The number of methoxy groups -OCH3 is 1. The molecule has 1 aliphatic heterocycles. The summed E-state index contributed by atoms with van der Waals surface area (Å²) in [6.45, 7) is 4.66. The number of aromatic nitrogens is 1. The van der Waals surface area contributed by atoms with Crippen molar-refractivity contribution in [2.45, 2.75) is 12.6 Å². The van der Waals surface area contributed by atoms with Crippen molar-refractivity contribution in [3.63, 3.8) is 0 Å². The van der Waals surface area contributed by atoms with Crippen LogP contribution in [0.25, 0.3) is 0 Å². The number of pyridine rings is 1. The number of morpholine rings is 1. The molecule has 1 saturated heterocycles. The van der Waals surface area contributed by atoms with Gasteiger partial charge in [0.25, 0.3) is 0 Å². The van der Waals surface area contributed by atoms with E-state index in [-0.39, 0.29) is 30.0 Å². The van der Waals surface area contributed by atoms with E-state index in [1.807, 2.05) is 18.2 Å². The number of ether oxygens (including phenoxy) is 2. The standard InChI is InChI=1S/C21H28ClN5O2.HI/c1-23-21(25-14-16-3-8-20(22)24-13-16)26-15-19(27-9-11-29-12-10-27)17-4-6-18(28-2)7-5-17;/h3-8,13,19H,9-12,14-15H2,1-2H3,(H2,23,25,26);1H. The molecule has 2 aromatic rings. The Morgan fingerprint density at radius 3 is 2.53 bits per heavy atom. The second-order valence-corrected chi connectivity index (χ2v) is 7.12. The highest BCUT2D eigenvalue weighted by Crippen LogP contribution is 2.23. The first-order valence-corrected chi connectivity index (χ1v) is 10.1. The summed E-state index contributed by atoms with van der Waals surface area (Å²) in [5, 5.41) is 7.27. The number of hydrogen-bond acceptors (Lipinski definition) is 5. The van der Waals surface area contributed by atoms with Crippen LogP contribution in [0.5, 0.6) is 5.75 Å². The van der Waals surface area contributed by atoms with Gasteiger partial charge in [-0.3, -0.25) is 9.89 Å². The van der Waals surface area contributed by atoms with Gasteiger partial charge in [0, 0.05) is 39.4 Å². The van der Waals surface area contributed by atoms with E-state index in [0.717, 1.165) is 50.1 Å². The molecule has 30 heavy (non-hydrogen) atoms. The number of halogens is 2. The van der Waals surface area contributed by atoms with Gasteiger partial charge in [-0.2, -0.15) is 0 Å². The fraction of sp³-hybridized carbons (Fsp3) is 0.429. The van der Waals surface area contributed by atoms with Gasteiger partial charge in [-0.1, -0.05) is 29.8 Å². The van der Waals surface area contributed by atoms with Crippen LogP contribution in [0.1, 0.15) is 17.2 Å². The molecule has 9 heteroatoms. The highest BCUT2D eigenvalue weighted by molar-refractivity contribution is 14.0. The van der Waals surface area contributed by atoms with E-state index in [1.165, 1.54) is 5.56 Å². The molecule has 164 valence electrons. The maximum atomic E-state index is 5.85. The third-order valence-corrected chi connectivity index (χ3v) is 5.15. The lowest BCUT2D eigenvalue weighted by Gasteiger charge is -2.35. The van der Waals surface area contributed by atoms with Gasteiger partial charge in [-0.15, -0.1) is 24.0 Å². The summed E-state index contributed by atoms with van der Waals surface area (Å²) in [5.41, 5.74) is 2.27. The topological polar surface area (TPSA) is 71.0 Å². The van der Waals surface area contributed by atoms with Crippen LogP contribution in [0.3, 0.4) is 0 Å². The van der Waals surface area contributed by atoms with Gasteiger partial charge in [0.2, 0.25) is 0 Å². The Hall–Kier alpha value is -1.62. The van der Waals surface area contributed by atoms with Crippen LogP contribution in [-0.4, -0.2) is 62.8 Å². The molecule has 0 aliphatic carbocycles. The first kappa shape index (κ1) is 24.6.